The molecule has 238 valence electrons. The molecule has 8 rings (SSSR count). The summed E-state index contributed by atoms with van der Waals surface area (Å²) in [7, 11) is 0. The van der Waals surface area contributed by atoms with Crippen molar-refractivity contribution >= 4 is 71.3 Å². The van der Waals surface area contributed by atoms with Gasteiger partial charge in [0, 0.05) is 16.8 Å². The second-order valence-electron chi connectivity index (χ2n) is 13.0. The maximum absolute atomic E-state index is 2.51. The third kappa shape index (κ3) is 5.66. The van der Waals surface area contributed by atoms with Crippen molar-refractivity contribution in [2.45, 2.75) is 39.5 Å². The average molecular weight is 632 g/mol. The molecule has 8 aromatic rings. The zero-order valence-corrected chi connectivity index (χ0v) is 28.4. The molecule has 0 spiro atoms. The number of anilines is 3. The first-order valence-corrected chi connectivity index (χ1v) is 17.7. The normalized spacial score (nSPS) is 12.1. The second-order valence-corrected chi connectivity index (χ2v) is 13.0. The van der Waals surface area contributed by atoms with Gasteiger partial charge in [-0.15, -0.1) is 0 Å². The van der Waals surface area contributed by atoms with Gasteiger partial charge in [0.2, 0.25) is 0 Å². The molecular weight excluding hydrogens is 591 g/mol. The van der Waals surface area contributed by atoms with Gasteiger partial charge in [-0.1, -0.05) is 148 Å². The van der Waals surface area contributed by atoms with Gasteiger partial charge in [0.15, 0.2) is 0 Å². The van der Waals surface area contributed by atoms with E-state index in [1.807, 2.05) is 0 Å². The van der Waals surface area contributed by atoms with E-state index < -0.39 is 0 Å². The number of nitrogens with zero attached hydrogens (tertiary/aromatic N) is 1. The Bertz CT molecular complexity index is 2420. The van der Waals surface area contributed by atoms with Gasteiger partial charge in [0.05, 0.1) is 5.69 Å². The van der Waals surface area contributed by atoms with Crippen LogP contribution < -0.4 is 4.90 Å². The molecule has 0 amide bonds. The molecule has 0 saturated carbocycles. The van der Waals surface area contributed by atoms with E-state index in [0.29, 0.717) is 0 Å². The molecule has 0 radical (unpaired) electrons. The molecule has 0 aliphatic heterocycles. The standard InChI is InChI=1S/C48H41N/c1-3-17-39(36-30-29-34-19-11-12-20-35(34)31-36)40(18-4-2)45-32-46-43-27-15-16-28-44(43)48(33-47(46)42-26-14-13-25-41(42)45)49(37-21-7-5-8-22-37)38-23-9-6-10-24-38/h5-16,19-33H,3-4,17-18H2,1-2H3. The van der Waals surface area contributed by atoms with Gasteiger partial charge in [-0.2, -0.15) is 0 Å². The Hall–Kier alpha value is -5.66. The van der Waals surface area contributed by atoms with Crippen molar-refractivity contribution in [3.05, 3.63) is 175 Å². The van der Waals surface area contributed by atoms with E-state index in [4.69, 9.17) is 0 Å². The van der Waals surface area contributed by atoms with E-state index in [9.17, 15) is 0 Å². The summed E-state index contributed by atoms with van der Waals surface area (Å²) in [6.07, 6.45) is 4.26. The quantitative estimate of drug-likeness (QED) is 0.113. The Morgan fingerprint density at radius 2 is 0.918 bits per heavy atom. The Morgan fingerprint density at radius 1 is 0.408 bits per heavy atom. The predicted molar refractivity (Wildman–Crippen MR) is 214 cm³/mol. The highest BCUT2D eigenvalue weighted by Gasteiger charge is 2.21. The molecule has 0 aliphatic carbocycles. The predicted octanol–water partition coefficient (Wildman–Crippen LogP) is 14.3. The Labute approximate surface area is 289 Å². The van der Waals surface area contributed by atoms with Crippen LogP contribution in [0, 0.1) is 0 Å². The van der Waals surface area contributed by atoms with Gasteiger partial charge in [0.1, 0.15) is 0 Å². The van der Waals surface area contributed by atoms with Crippen molar-refractivity contribution < 1.29 is 0 Å². The molecule has 8 aromatic carbocycles. The molecule has 0 unspecified atom stereocenters. The highest BCUT2D eigenvalue weighted by Crippen LogP contribution is 2.46. The van der Waals surface area contributed by atoms with E-state index >= 15 is 0 Å². The van der Waals surface area contributed by atoms with Crippen molar-refractivity contribution in [1.82, 2.24) is 0 Å². The number of hydrogen-bond donors (Lipinski definition) is 0. The van der Waals surface area contributed by atoms with Gasteiger partial charge < -0.3 is 4.90 Å². The molecule has 0 aliphatic rings. The van der Waals surface area contributed by atoms with Crippen molar-refractivity contribution in [2.24, 2.45) is 0 Å². The van der Waals surface area contributed by atoms with Crippen LogP contribution in [0.4, 0.5) is 17.1 Å². The lowest BCUT2D eigenvalue weighted by molar-refractivity contribution is 0.946. The molecule has 49 heavy (non-hydrogen) atoms. The fourth-order valence-electron chi connectivity index (χ4n) is 7.74. The summed E-state index contributed by atoms with van der Waals surface area (Å²) in [5, 5.41) is 10.3. The van der Waals surface area contributed by atoms with Crippen LogP contribution in [0.15, 0.2) is 164 Å². The van der Waals surface area contributed by atoms with E-state index in [2.05, 4.69) is 183 Å². The highest BCUT2D eigenvalue weighted by molar-refractivity contribution is 6.24. The fraction of sp³-hybridized carbons (Fsp3) is 0.125. The first kappa shape index (κ1) is 30.7. The van der Waals surface area contributed by atoms with E-state index in [0.717, 1.165) is 37.1 Å². The summed E-state index contributed by atoms with van der Waals surface area (Å²) in [5.74, 6) is 0. The molecule has 0 fully saturated rings. The van der Waals surface area contributed by atoms with Crippen LogP contribution in [-0.4, -0.2) is 0 Å². The van der Waals surface area contributed by atoms with Crippen molar-refractivity contribution in [1.29, 1.82) is 0 Å². The topological polar surface area (TPSA) is 3.24 Å². The van der Waals surface area contributed by atoms with Crippen LogP contribution in [0.25, 0.3) is 54.2 Å². The first-order valence-electron chi connectivity index (χ1n) is 17.7. The molecule has 0 heterocycles. The number of fused-ring (bicyclic) bond motifs is 6. The van der Waals surface area contributed by atoms with Crippen LogP contribution in [0.2, 0.25) is 0 Å². The molecule has 1 heteroatoms. The molecule has 0 atom stereocenters. The minimum Gasteiger partial charge on any atom is -0.310 e. The molecule has 0 aromatic heterocycles. The third-order valence-electron chi connectivity index (χ3n) is 9.92. The summed E-state index contributed by atoms with van der Waals surface area (Å²) < 4.78 is 0. The monoisotopic (exact) mass is 631 g/mol. The summed E-state index contributed by atoms with van der Waals surface area (Å²) in [6, 6.07) is 60.3. The van der Waals surface area contributed by atoms with Crippen molar-refractivity contribution in [2.75, 3.05) is 4.90 Å². The second kappa shape index (κ2) is 13.5. The van der Waals surface area contributed by atoms with Gasteiger partial charge in [-0.25, -0.2) is 0 Å². The van der Waals surface area contributed by atoms with Crippen LogP contribution >= 0.6 is 0 Å². The Morgan fingerprint density at radius 3 is 1.57 bits per heavy atom. The summed E-state index contributed by atoms with van der Waals surface area (Å²) in [4.78, 5) is 2.41. The lowest BCUT2D eigenvalue weighted by Gasteiger charge is -2.28. The first-order chi connectivity index (χ1) is 24.2. The number of hydrogen-bond acceptors (Lipinski definition) is 1. The number of para-hydroxylation sites is 2. The minimum atomic E-state index is 1.03. The van der Waals surface area contributed by atoms with Crippen LogP contribution in [0.3, 0.4) is 0 Å². The zero-order chi connectivity index (χ0) is 33.2. The van der Waals surface area contributed by atoms with E-state index in [1.54, 1.807) is 0 Å². The molecular formula is C48H41N. The summed E-state index contributed by atoms with van der Waals surface area (Å²) in [6.45, 7) is 4.62. The number of rotatable bonds is 9. The number of allylic oxidation sites excluding steroid dienone is 2. The highest BCUT2D eigenvalue weighted by atomic mass is 15.1. The SMILES string of the molecule is CCCC(=C(CCC)c1cc2c3ccccc3c(N(c3ccccc3)c3ccccc3)cc2c2ccccc12)c1ccc2ccccc2c1. The Kier molecular flexibility index (Phi) is 8.42. The van der Waals surface area contributed by atoms with Gasteiger partial charge in [-0.3, -0.25) is 0 Å². The van der Waals surface area contributed by atoms with Crippen LogP contribution in [0.1, 0.15) is 50.7 Å². The third-order valence-corrected chi connectivity index (χ3v) is 9.92. The van der Waals surface area contributed by atoms with Crippen molar-refractivity contribution in [3.8, 4) is 0 Å². The zero-order valence-electron chi connectivity index (χ0n) is 28.4. The van der Waals surface area contributed by atoms with Gasteiger partial charge >= 0.3 is 0 Å². The van der Waals surface area contributed by atoms with Crippen LogP contribution in [-0.2, 0) is 0 Å². The van der Waals surface area contributed by atoms with E-state index in [-0.39, 0.29) is 0 Å². The largest absolute Gasteiger partial charge is 0.310 e. The molecule has 1 nitrogen and oxygen atoms in total. The summed E-state index contributed by atoms with van der Waals surface area (Å²) in [5.41, 5.74) is 9.13. The van der Waals surface area contributed by atoms with Gasteiger partial charge in [0.25, 0.3) is 0 Å². The molecule has 0 saturated heterocycles. The maximum Gasteiger partial charge on any atom is 0.0546 e. The van der Waals surface area contributed by atoms with Gasteiger partial charge in [-0.05, 0) is 115 Å². The fourth-order valence-corrected chi connectivity index (χ4v) is 7.74. The lowest BCUT2D eigenvalue weighted by Crippen LogP contribution is -2.10. The lowest BCUT2D eigenvalue weighted by atomic mass is 9.84. The average Bonchev–Trinajstić information content (AvgIpc) is 3.17. The Balaban J connectivity index is 1.45. The molecule has 0 bridgehead atoms. The van der Waals surface area contributed by atoms with Crippen LogP contribution in [0.5, 0.6) is 0 Å². The molecule has 0 N–H and O–H groups in total. The van der Waals surface area contributed by atoms with Crippen molar-refractivity contribution in [3.63, 3.8) is 0 Å². The van der Waals surface area contributed by atoms with E-state index in [1.165, 1.54) is 71.1 Å². The smallest absolute Gasteiger partial charge is 0.0546 e. The minimum absolute atomic E-state index is 1.03. The maximum atomic E-state index is 2.51. The number of benzene rings is 8. The summed E-state index contributed by atoms with van der Waals surface area (Å²) >= 11 is 0.